The van der Waals surface area contributed by atoms with Crippen LogP contribution in [-0.2, 0) is 0 Å². The number of methoxy groups -OCH3 is 3. The van der Waals surface area contributed by atoms with E-state index in [1.165, 1.54) is 6.42 Å². The van der Waals surface area contributed by atoms with Crippen LogP contribution in [0, 0.1) is 11.8 Å². The molecule has 1 aromatic carbocycles. The fourth-order valence-corrected chi connectivity index (χ4v) is 4.30. The Kier molecular flexibility index (Phi) is 5.61. The number of fused-ring (bicyclic) bond motifs is 2. The van der Waals surface area contributed by atoms with Gasteiger partial charge in [0.1, 0.15) is 0 Å². The lowest BCUT2D eigenvalue weighted by atomic mass is 9.84. The summed E-state index contributed by atoms with van der Waals surface area (Å²) >= 11 is 0. The molecule has 2 fully saturated rings. The SMILES string of the molecule is COc1cc(C(=O)N2CC3CC(C2)CN(C(C)C)C3)cc(OC)c1OC. The molecule has 144 valence electrons. The summed E-state index contributed by atoms with van der Waals surface area (Å²) in [5, 5.41) is 0. The molecule has 1 amide bonds. The molecular weight excluding hydrogens is 332 g/mol. The third-order valence-electron chi connectivity index (χ3n) is 5.54. The highest BCUT2D eigenvalue weighted by atomic mass is 16.5. The van der Waals surface area contributed by atoms with Crippen molar-refractivity contribution in [1.82, 2.24) is 9.80 Å². The van der Waals surface area contributed by atoms with E-state index in [2.05, 4.69) is 18.7 Å². The highest BCUT2D eigenvalue weighted by molar-refractivity contribution is 5.95. The second kappa shape index (κ2) is 7.74. The Morgan fingerprint density at radius 2 is 1.50 bits per heavy atom. The molecule has 2 unspecified atom stereocenters. The largest absolute Gasteiger partial charge is 0.493 e. The van der Waals surface area contributed by atoms with Crippen LogP contribution in [0.5, 0.6) is 17.2 Å². The van der Waals surface area contributed by atoms with Gasteiger partial charge in [-0.25, -0.2) is 0 Å². The first-order valence-corrected chi connectivity index (χ1v) is 9.30. The van der Waals surface area contributed by atoms with Crippen LogP contribution in [-0.4, -0.2) is 69.3 Å². The molecule has 2 saturated heterocycles. The predicted molar refractivity (Wildman–Crippen MR) is 100 cm³/mol. The standard InChI is InChI=1S/C20H30N2O4/c1-13(2)21-9-14-6-15(10-21)12-22(11-14)20(23)16-7-17(24-3)19(26-5)18(8-16)25-4/h7-8,13-15H,6,9-12H2,1-5H3. The van der Waals surface area contributed by atoms with Gasteiger partial charge in [0.2, 0.25) is 5.75 Å². The van der Waals surface area contributed by atoms with E-state index in [0.717, 1.165) is 26.2 Å². The Balaban J connectivity index is 1.80. The van der Waals surface area contributed by atoms with Crippen molar-refractivity contribution in [3.63, 3.8) is 0 Å². The van der Waals surface area contributed by atoms with Gasteiger partial charge < -0.3 is 24.0 Å². The van der Waals surface area contributed by atoms with Crippen molar-refractivity contribution in [1.29, 1.82) is 0 Å². The monoisotopic (exact) mass is 362 g/mol. The number of carbonyl (C=O) groups is 1. The number of piperidine rings is 2. The van der Waals surface area contributed by atoms with Crippen LogP contribution in [0.4, 0.5) is 0 Å². The molecule has 0 aromatic heterocycles. The number of ether oxygens (including phenoxy) is 3. The molecule has 0 radical (unpaired) electrons. The van der Waals surface area contributed by atoms with Crippen molar-refractivity contribution in [2.75, 3.05) is 47.5 Å². The van der Waals surface area contributed by atoms with Crippen LogP contribution in [0.2, 0.25) is 0 Å². The Morgan fingerprint density at radius 3 is 1.92 bits per heavy atom. The molecule has 0 aliphatic carbocycles. The first kappa shape index (κ1) is 18.8. The predicted octanol–water partition coefficient (Wildman–Crippen LogP) is 2.51. The highest BCUT2D eigenvalue weighted by Gasteiger charge is 2.37. The zero-order valence-corrected chi connectivity index (χ0v) is 16.4. The minimum atomic E-state index is 0.0388. The van der Waals surface area contributed by atoms with E-state index >= 15 is 0 Å². The number of amides is 1. The zero-order valence-electron chi connectivity index (χ0n) is 16.4. The molecule has 2 aliphatic rings. The number of carbonyl (C=O) groups excluding carboxylic acids is 1. The molecule has 6 nitrogen and oxygen atoms in total. The van der Waals surface area contributed by atoms with E-state index < -0.39 is 0 Å². The molecule has 2 bridgehead atoms. The van der Waals surface area contributed by atoms with Gasteiger partial charge in [-0.05, 0) is 44.2 Å². The number of nitrogens with zero attached hydrogens (tertiary/aromatic N) is 2. The minimum Gasteiger partial charge on any atom is -0.493 e. The van der Waals surface area contributed by atoms with E-state index in [-0.39, 0.29) is 5.91 Å². The molecule has 3 rings (SSSR count). The third-order valence-corrected chi connectivity index (χ3v) is 5.54. The molecule has 0 N–H and O–H groups in total. The molecule has 2 heterocycles. The maximum atomic E-state index is 13.1. The Labute approximate surface area is 156 Å². The van der Waals surface area contributed by atoms with Crippen LogP contribution in [0.15, 0.2) is 12.1 Å². The third kappa shape index (κ3) is 3.61. The van der Waals surface area contributed by atoms with Crippen LogP contribution >= 0.6 is 0 Å². The lowest BCUT2D eigenvalue weighted by molar-refractivity contribution is 0.0168. The first-order valence-electron chi connectivity index (χ1n) is 9.30. The average Bonchev–Trinajstić information content (AvgIpc) is 2.65. The Morgan fingerprint density at radius 1 is 0.962 bits per heavy atom. The summed E-state index contributed by atoms with van der Waals surface area (Å²) < 4.78 is 16.1. The maximum absolute atomic E-state index is 13.1. The molecule has 26 heavy (non-hydrogen) atoms. The summed E-state index contributed by atoms with van der Waals surface area (Å²) in [7, 11) is 4.70. The zero-order chi connectivity index (χ0) is 18.8. The van der Waals surface area contributed by atoms with Gasteiger partial charge in [-0.2, -0.15) is 0 Å². The van der Waals surface area contributed by atoms with E-state index in [9.17, 15) is 4.79 Å². The first-order chi connectivity index (χ1) is 12.5. The molecule has 0 saturated carbocycles. The van der Waals surface area contributed by atoms with Crippen LogP contribution in [0.3, 0.4) is 0 Å². The van der Waals surface area contributed by atoms with Crippen LogP contribution in [0.1, 0.15) is 30.6 Å². The fraction of sp³-hybridized carbons (Fsp3) is 0.650. The smallest absolute Gasteiger partial charge is 0.254 e. The van der Waals surface area contributed by atoms with E-state index in [0.29, 0.717) is 40.7 Å². The summed E-state index contributed by atoms with van der Waals surface area (Å²) in [6.07, 6.45) is 1.22. The van der Waals surface area contributed by atoms with Crippen molar-refractivity contribution in [2.45, 2.75) is 26.3 Å². The second-order valence-corrected chi connectivity index (χ2v) is 7.64. The summed E-state index contributed by atoms with van der Waals surface area (Å²) in [5.74, 6) is 2.68. The molecule has 2 aliphatic heterocycles. The summed E-state index contributed by atoms with van der Waals surface area (Å²) in [6.45, 7) is 8.28. The fourth-order valence-electron chi connectivity index (χ4n) is 4.30. The van der Waals surface area contributed by atoms with Crippen molar-refractivity contribution >= 4 is 5.91 Å². The lowest BCUT2D eigenvalue weighted by Gasteiger charge is -2.47. The average molecular weight is 362 g/mol. The number of hydrogen-bond donors (Lipinski definition) is 0. The van der Waals surface area contributed by atoms with Gasteiger partial charge in [-0.15, -0.1) is 0 Å². The van der Waals surface area contributed by atoms with Gasteiger partial charge in [0.25, 0.3) is 5.91 Å². The highest BCUT2D eigenvalue weighted by Crippen LogP contribution is 2.39. The number of benzene rings is 1. The van der Waals surface area contributed by atoms with Gasteiger partial charge in [0, 0.05) is 37.8 Å². The van der Waals surface area contributed by atoms with Gasteiger partial charge in [-0.1, -0.05) is 0 Å². The minimum absolute atomic E-state index is 0.0388. The van der Waals surface area contributed by atoms with Gasteiger partial charge in [0.15, 0.2) is 11.5 Å². The lowest BCUT2D eigenvalue weighted by Crippen LogP contribution is -2.55. The van der Waals surface area contributed by atoms with Gasteiger partial charge in [0.05, 0.1) is 21.3 Å². The number of likely N-dealkylation sites (tertiary alicyclic amines) is 2. The molecule has 1 aromatic rings. The Hall–Kier alpha value is -1.95. The summed E-state index contributed by atoms with van der Waals surface area (Å²) in [5.41, 5.74) is 0.584. The normalized spacial score (nSPS) is 23.1. The Bertz CT molecular complexity index is 622. The van der Waals surface area contributed by atoms with Gasteiger partial charge >= 0.3 is 0 Å². The summed E-state index contributed by atoms with van der Waals surface area (Å²) in [4.78, 5) is 17.7. The molecule has 0 spiro atoms. The summed E-state index contributed by atoms with van der Waals surface area (Å²) in [6, 6.07) is 4.06. The van der Waals surface area contributed by atoms with Crippen molar-refractivity contribution < 1.29 is 19.0 Å². The number of rotatable bonds is 5. The molecule has 2 atom stereocenters. The van der Waals surface area contributed by atoms with E-state index in [1.54, 1.807) is 33.5 Å². The van der Waals surface area contributed by atoms with Crippen LogP contribution in [0.25, 0.3) is 0 Å². The maximum Gasteiger partial charge on any atom is 0.254 e. The van der Waals surface area contributed by atoms with E-state index in [1.807, 2.05) is 4.90 Å². The topological polar surface area (TPSA) is 51.2 Å². The van der Waals surface area contributed by atoms with Crippen molar-refractivity contribution in [3.05, 3.63) is 17.7 Å². The van der Waals surface area contributed by atoms with E-state index in [4.69, 9.17) is 14.2 Å². The number of hydrogen-bond acceptors (Lipinski definition) is 5. The molecule has 6 heteroatoms. The van der Waals surface area contributed by atoms with Crippen molar-refractivity contribution in [2.24, 2.45) is 11.8 Å². The molecular formula is C20H30N2O4. The quantitative estimate of drug-likeness (QED) is 0.806. The van der Waals surface area contributed by atoms with Crippen molar-refractivity contribution in [3.8, 4) is 17.2 Å². The van der Waals surface area contributed by atoms with Crippen LogP contribution < -0.4 is 14.2 Å². The second-order valence-electron chi connectivity index (χ2n) is 7.64. The van der Waals surface area contributed by atoms with Gasteiger partial charge in [-0.3, -0.25) is 4.79 Å².